The maximum Gasteiger partial charge on any atom is 0.0249 e. The molecule has 3 aliphatic rings. The van der Waals surface area contributed by atoms with E-state index in [0.717, 1.165) is 24.4 Å². The first kappa shape index (κ1) is 12.9. The summed E-state index contributed by atoms with van der Waals surface area (Å²) in [5, 5.41) is 0. The van der Waals surface area contributed by atoms with Gasteiger partial charge < -0.3 is 5.73 Å². The van der Waals surface area contributed by atoms with Crippen LogP contribution in [0.15, 0.2) is 0 Å². The van der Waals surface area contributed by atoms with Crippen molar-refractivity contribution in [1.82, 2.24) is 4.90 Å². The molecule has 3 unspecified atom stereocenters. The fourth-order valence-corrected chi connectivity index (χ4v) is 5.02. The third-order valence-electron chi connectivity index (χ3n) is 5.90. The lowest BCUT2D eigenvalue weighted by molar-refractivity contribution is 0.0332. The number of nitrogens with zero attached hydrogens (tertiary/aromatic N) is 1. The summed E-state index contributed by atoms with van der Waals surface area (Å²) in [7, 11) is 0. The first-order valence-electron chi connectivity index (χ1n) is 8.36. The summed E-state index contributed by atoms with van der Waals surface area (Å²) in [5.74, 6) is 1.92. The lowest BCUT2D eigenvalue weighted by Crippen LogP contribution is -2.54. The van der Waals surface area contributed by atoms with Gasteiger partial charge in [-0.05, 0) is 56.9 Å². The molecule has 1 heterocycles. The van der Waals surface area contributed by atoms with Gasteiger partial charge in [0.05, 0.1) is 0 Å². The molecule has 2 nitrogen and oxygen atoms in total. The number of hydrogen-bond acceptors (Lipinski definition) is 2. The molecule has 0 aromatic carbocycles. The molecule has 1 saturated heterocycles. The van der Waals surface area contributed by atoms with Crippen LogP contribution in [0, 0.1) is 11.8 Å². The van der Waals surface area contributed by atoms with Crippen LogP contribution in [0.4, 0.5) is 0 Å². The molecule has 3 rings (SSSR count). The van der Waals surface area contributed by atoms with Crippen LogP contribution in [0.2, 0.25) is 0 Å². The van der Waals surface area contributed by atoms with E-state index in [2.05, 4.69) is 4.90 Å². The number of hydrogen-bond donors (Lipinski definition) is 1. The fraction of sp³-hybridized carbons (Fsp3) is 1.00. The van der Waals surface area contributed by atoms with Crippen LogP contribution in [0.25, 0.3) is 0 Å². The summed E-state index contributed by atoms with van der Waals surface area (Å²) in [6.07, 6.45) is 14.6. The standard InChI is InChI=1S/C16H30N2/c17-12-16(14-6-2-1-3-7-14)18-11-5-9-13-8-4-10-15(13)18/h13-16H,1-12,17H2. The fourth-order valence-electron chi connectivity index (χ4n) is 5.02. The Bertz CT molecular complexity index is 260. The van der Waals surface area contributed by atoms with E-state index >= 15 is 0 Å². The summed E-state index contributed by atoms with van der Waals surface area (Å²) in [4.78, 5) is 2.86. The van der Waals surface area contributed by atoms with Crippen LogP contribution < -0.4 is 5.73 Å². The molecule has 2 heteroatoms. The number of likely N-dealkylation sites (tertiary alicyclic amines) is 1. The zero-order valence-electron chi connectivity index (χ0n) is 11.8. The molecule has 0 amide bonds. The summed E-state index contributed by atoms with van der Waals surface area (Å²) in [5.41, 5.74) is 6.18. The number of rotatable bonds is 3. The SMILES string of the molecule is NCC(C1CCCCC1)N1CCCC2CCCC21. The average Bonchev–Trinajstić information content (AvgIpc) is 2.90. The second-order valence-electron chi connectivity index (χ2n) is 6.84. The molecule has 1 aliphatic heterocycles. The van der Waals surface area contributed by atoms with Crippen molar-refractivity contribution in [1.29, 1.82) is 0 Å². The van der Waals surface area contributed by atoms with Crippen LogP contribution in [-0.2, 0) is 0 Å². The Kier molecular flexibility index (Phi) is 4.25. The van der Waals surface area contributed by atoms with Gasteiger partial charge in [0.2, 0.25) is 0 Å². The molecule has 2 aliphatic carbocycles. The first-order chi connectivity index (χ1) is 8.90. The van der Waals surface area contributed by atoms with Crippen LogP contribution >= 0.6 is 0 Å². The highest BCUT2D eigenvalue weighted by atomic mass is 15.2. The van der Waals surface area contributed by atoms with Crippen molar-refractivity contribution in [2.45, 2.75) is 76.3 Å². The second-order valence-corrected chi connectivity index (χ2v) is 6.84. The molecular formula is C16H30N2. The van der Waals surface area contributed by atoms with Crippen molar-refractivity contribution in [3.63, 3.8) is 0 Å². The van der Waals surface area contributed by atoms with Gasteiger partial charge >= 0.3 is 0 Å². The maximum atomic E-state index is 6.18. The van der Waals surface area contributed by atoms with E-state index in [1.54, 1.807) is 0 Å². The highest BCUT2D eigenvalue weighted by Gasteiger charge is 2.39. The molecule has 0 aromatic rings. The van der Waals surface area contributed by atoms with E-state index in [4.69, 9.17) is 5.73 Å². The number of fused-ring (bicyclic) bond motifs is 1. The molecule has 3 atom stereocenters. The van der Waals surface area contributed by atoms with E-state index in [0.29, 0.717) is 6.04 Å². The van der Waals surface area contributed by atoms with E-state index in [1.165, 1.54) is 70.8 Å². The Hall–Kier alpha value is -0.0800. The Morgan fingerprint density at radius 2 is 1.67 bits per heavy atom. The summed E-state index contributed by atoms with van der Waals surface area (Å²) < 4.78 is 0. The van der Waals surface area contributed by atoms with E-state index in [1.807, 2.05) is 0 Å². The minimum absolute atomic E-state index is 0.705. The van der Waals surface area contributed by atoms with Crippen LogP contribution in [0.3, 0.4) is 0 Å². The molecule has 2 saturated carbocycles. The zero-order chi connectivity index (χ0) is 12.4. The number of piperidine rings is 1. The highest BCUT2D eigenvalue weighted by molar-refractivity contribution is 4.94. The molecule has 3 fully saturated rings. The van der Waals surface area contributed by atoms with E-state index in [-0.39, 0.29) is 0 Å². The normalized spacial score (nSPS) is 36.5. The van der Waals surface area contributed by atoms with Crippen molar-refractivity contribution in [2.75, 3.05) is 13.1 Å². The minimum Gasteiger partial charge on any atom is -0.329 e. The summed E-state index contributed by atoms with van der Waals surface area (Å²) in [6, 6.07) is 1.60. The van der Waals surface area contributed by atoms with Crippen LogP contribution in [0.1, 0.15) is 64.2 Å². The van der Waals surface area contributed by atoms with Gasteiger partial charge in [-0.15, -0.1) is 0 Å². The molecule has 0 bridgehead atoms. The van der Waals surface area contributed by atoms with Crippen LogP contribution in [0.5, 0.6) is 0 Å². The number of nitrogens with two attached hydrogens (primary N) is 1. The van der Waals surface area contributed by atoms with Crippen molar-refractivity contribution in [3.05, 3.63) is 0 Å². The van der Waals surface area contributed by atoms with Crippen molar-refractivity contribution < 1.29 is 0 Å². The van der Waals surface area contributed by atoms with Gasteiger partial charge in [-0.25, -0.2) is 0 Å². The molecule has 2 N–H and O–H groups in total. The lowest BCUT2D eigenvalue weighted by Gasteiger charge is -2.46. The lowest BCUT2D eigenvalue weighted by atomic mass is 9.80. The third-order valence-corrected chi connectivity index (χ3v) is 5.90. The quantitative estimate of drug-likeness (QED) is 0.833. The van der Waals surface area contributed by atoms with Crippen molar-refractivity contribution in [2.24, 2.45) is 17.6 Å². The van der Waals surface area contributed by atoms with Gasteiger partial charge in [-0.1, -0.05) is 25.7 Å². The molecule has 0 spiro atoms. The Morgan fingerprint density at radius 1 is 0.889 bits per heavy atom. The predicted octanol–water partition coefficient (Wildman–Crippen LogP) is 3.16. The van der Waals surface area contributed by atoms with E-state index < -0.39 is 0 Å². The first-order valence-corrected chi connectivity index (χ1v) is 8.36. The van der Waals surface area contributed by atoms with Crippen molar-refractivity contribution >= 4 is 0 Å². The Balaban J connectivity index is 1.69. The van der Waals surface area contributed by atoms with Gasteiger partial charge in [-0.2, -0.15) is 0 Å². The van der Waals surface area contributed by atoms with Crippen LogP contribution in [-0.4, -0.2) is 30.1 Å². The maximum absolute atomic E-state index is 6.18. The molecule has 0 radical (unpaired) electrons. The smallest absolute Gasteiger partial charge is 0.0249 e. The zero-order valence-corrected chi connectivity index (χ0v) is 11.8. The summed E-state index contributed by atoms with van der Waals surface area (Å²) >= 11 is 0. The van der Waals surface area contributed by atoms with Gasteiger partial charge in [0.15, 0.2) is 0 Å². The largest absolute Gasteiger partial charge is 0.329 e. The van der Waals surface area contributed by atoms with Gasteiger partial charge in [0, 0.05) is 18.6 Å². The van der Waals surface area contributed by atoms with Gasteiger partial charge in [0.25, 0.3) is 0 Å². The van der Waals surface area contributed by atoms with Crippen molar-refractivity contribution in [3.8, 4) is 0 Å². The Morgan fingerprint density at radius 3 is 2.44 bits per heavy atom. The topological polar surface area (TPSA) is 29.3 Å². The van der Waals surface area contributed by atoms with Gasteiger partial charge in [0.1, 0.15) is 0 Å². The van der Waals surface area contributed by atoms with Gasteiger partial charge in [-0.3, -0.25) is 4.90 Å². The third kappa shape index (κ3) is 2.46. The molecule has 104 valence electrons. The highest BCUT2D eigenvalue weighted by Crippen LogP contribution is 2.40. The molecule has 18 heavy (non-hydrogen) atoms. The molecule has 0 aromatic heterocycles. The predicted molar refractivity (Wildman–Crippen MR) is 76.5 cm³/mol. The second kappa shape index (κ2) is 5.92. The summed E-state index contributed by atoms with van der Waals surface area (Å²) in [6.45, 7) is 2.23. The molecular weight excluding hydrogens is 220 g/mol. The monoisotopic (exact) mass is 250 g/mol. The average molecular weight is 250 g/mol. The minimum atomic E-state index is 0.705. The van der Waals surface area contributed by atoms with E-state index in [9.17, 15) is 0 Å². The Labute approximate surface area is 112 Å².